The number of hydrogen-bond acceptors (Lipinski definition) is 0. The third-order valence-corrected chi connectivity index (χ3v) is 1.17. The first-order valence-corrected chi connectivity index (χ1v) is 3.43. The van der Waals surface area contributed by atoms with Crippen molar-refractivity contribution in [3.8, 4) is 0 Å². The third kappa shape index (κ3) is 15.3. The molecule has 0 unspecified atom stereocenters. The maximum Gasteiger partial charge on any atom is 2.00 e. The van der Waals surface area contributed by atoms with Crippen LogP contribution in [0.25, 0.3) is 0 Å². The minimum absolute atomic E-state index is 0. The summed E-state index contributed by atoms with van der Waals surface area (Å²) in [4.78, 5) is 0. The van der Waals surface area contributed by atoms with E-state index in [0.717, 1.165) is 12.8 Å². The molecule has 14 heavy (non-hydrogen) atoms. The van der Waals surface area contributed by atoms with Crippen LogP contribution in [-0.4, -0.2) is 18.9 Å². The second-order valence-electron chi connectivity index (χ2n) is 2.01. The van der Waals surface area contributed by atoms with E-state index in [0.29, 0.717) is 0 Å². The molecule has 0 bridgehead atoms. The molecule has 0 aromatic carbocycles. The molecule has 0 saturated carbocycles. The van der Waals surface area contributed by atoms with Gasteiger partial charge in [-0.05, 0) is 0 Å². The molecule has 0 fully saturated rings. The van der Waals surface area contributed by atoms with Crippen molar-refractivity contribution < 1.29 is 21.7 Å². The Balaban J connectivity index is -0.0000000556. The van der Waals surface area contributed by atoms with Crippen LogP contribution in [0.4, 0.5) is 0 Å². The molecular formula is C10H12Cl2LiTi. The summed E-state index contributed by atoms with van der Waals surface area (Å²) in [6, 6.07) is 0. The van der Waals surface area contributed by atoms with E-state index in [4.69, 9.17) is 0 Å². The summed E-state index contributed by atoms with van der Waals surface area (Å²) in [6.45, 7) is 0. The molecule has 4 heteroatoms. The van der Waals surface area contributed by atoms with Crippen LogP contribution in [0.5, 0.6) is 0 Å². The third-order valence-electron chi connectivity index (χ3n) is 1.17. The van der Waals surface area contributed by atoms with Gasteiger partial charge in [0.15, 0.2) is 0 Å². The summed E-state index contributed by atoms with van der Waals surface area (Å²) in [5, 5.41) is 0. The number of hydrogen-bond donors (Lipinski definition) is 0. The topological polar surface area (TPSA) is 0 Å². The van der Waals surface area contributed by atoms with E-state index >= 15 is 0 Å². The van der Waals surface area contributed by atoms with E-state index in [1.165, 1.54) is 0 Å². The van der Waals surface area contributed by atoms with Crippen molar-refractivity contribution in [3.63, 3.8) is 0 Å². The molecule has 0 aromatic rings. The van der Waals surface area contributed by atoms with Crippen molar-refractivity contribution in [2.24, 2.45) is 0 Å². The Labute approximate surface area is 126 Å². The zero-order valence-electron chi connectivity index (χ0n) is 8.19. The quantitative estimate of drug-likeness (QED) is 0.462. The second kappa shape index (κ2) is 19.4. The molecule has 0 nitrogen and oxygen atoms in total. The average Bonchev–Trinajstić information content (AvgIpc) is 2.67. The van der Waals surface area contributed by atoms with E-state index in [2.05, 4.69) is 24.3 Å². The van der Waals surface area contributed by atoms with Crippen molar-refractivity contribution in [2.75, 3.05) is 0 Å². The Morgan fingerprint density at radius 2 is 1.14 bits per heavy atom. The van der Waals surface area contributed by atoms with Gasteiger partial charge in [-0.3, -0.25) is 12.2 Å². The smallest absolute Gasteiger partial charge is 0.273 e. The molecule has 1 radical (unpaired) electrons. The monoisotopic (exact) mass is 257 g/mol. The molecule has 0 atom stereocenters. The van der Waals surface area contributed by atoms with E-state index in [9.17, 15) is 0 Å². The molecular weight excluding hydrogens is 246 g/mol. The van der Waals surface area contributed by atoms with Gasteiger partial charge in [0.2, 0.25) is 0 Å². The molecule has 2 rings (SSSR count). The van der Waals surface area contributed by atoms with Gasteiger partial charge in [0, 0.05) is 18.9 Å². The first-order valence-electron chi connectivity index (χ1n) is 3.43. The van der Waals surface area contributed by atoms with Crippen molar-refractivity contribution in [1.29, 1.82) is 0 Å². The van der Waals surface area contributed by atoms with Crippen molar-refractivity contribution in [2.45, 2.75) is 12.8 Å². The standard InChI is InChI=1S/2C5H5.2ClH.Li.Ti/c2*1-2-4-5-3-1;;;;/h2*1-3H,4H2;2*1H;;/q2*-1;;;;+2. The fraction of sp³-hybridized carbons (Fsp3) is 0.200. The molecule has 2 aliphatic rings. The molecule has 71 valence electrons. The summed E-state index contributed by atoms with van der Waals surface area (Å²) in [5.74, 6) is 0. The largest absolute Gasteiger partial charge is 2.00 e. The van der Waals surface area contributed by atoms with Gasteiger partial charge in [0.05, 0.1) is 0 Å². The van der Waals surface area contributed by atoms with Crippen LogP contribution < -0.4 is 0 Å². The average molecular weight is 258 g/mol. The number of halogens is 2. The van der Waals surface area contributed by atoms with Gasteiger partial charge in [-0.2, -0.15) is 12.2 Å². The van der Waals surface area contributed by atoms with Gasteiger partial charge >= 0.3 is 21.7 Å². The fourth-order valence-electron chi connectivity index (χ4n) is 0.680. The zero-order valence-corrected chi connectivity index (χ0v) is 11.4. The second-order valence-corrected chi connectivity index (χ2v) is 2.01. The Hall–Kier alpha value is 0.852. The molecule has 0 heterocycles. The number of allylic oxidation sites excluding steroid dienone is 8. The Kier molecular flexibility index (Phi) is 33.6. The summed E-state index contributed by atoms with van der Waals surface area (Å²) in [6.07, 6.45) is 20.0. The van der Waals surface area contributed by atoms with Crippen LogP contribution in [0.3, 0.4) is 0 Å². The molecule has 0 saturated heterocycles. The summed E-state index contributed by atoms with van der Waals surface area (Å²) < 4.78 is 0. The van der Waals surface area contributed by atoms with Gasteiger partial charge < -0.3 is 0 Å². The molecule has 0 aliphatic heterocycles. The minimum atomic E-state index is 0. The first kappa shape index (κ1) is 24.2. The van der Waals surface area contributed by atoms with Crippen LogP contribution in [0.1, 0.15) is 12.8 Å². The van der Waals surface area contributed by atoms with Gasteiger partial charge in [-0.15, -0.1) is 37.7 Å². The molecule has 0 spiro atoms. The summed E-state index contributed by atoms with van der Waals surface area (Å²) in [7, 11) is 0. The zero-order chi connectivity index (χ0) is 7.07. The van der Waals surface area contributed by atoms with Crippen LogP contribution in [-0.2, 0) is 21.7 Å². The first-order chi connectivity index (χ1) is 5.00. The molecule has 0 aromatic heterocycles. The maximum absolute atomic E-state index is 2.99. The normalized spacial score (nSPS) is 12.6. The van der Waals surface area contributed by atoms with Crippen LogP contribution in [0.15, 0.2) is 36.5 Å². The van der Waals surface area contributed by atoms with Crippen molar-refractivity contribution in [3.05, 3.63) is 48.6 Å². The van der Waals surface area contributed by atoms with Crippen LogP contribution >= 0.6 is 24.8 Å². The Bertz CT molecular complexity index is 156. The van der Waals surface area contributed by atoms with E-state index in [1.807, 2.05) is 24.3 Å². The van der Waals surface area contributed by atoms with Crippen molar-refractivity contribution >= 4 is 43.7 Å². The minimum Gasteiger partial charge on any atom is -0.273 e. The van der Waals surface area contributed by atoms with Gasteiger partial charge in [0.25, 0.3) is 0 Å². The van der Waals surface area contributed by atoms with Crippen molar-refractivity contribution in [1.82, 2.24) is 0 Å². The van der Waals surface area contributed by atoms with Gasteiger partial charge in [-0.25, -0.2) is 24.3 Å². The van der Waals surface area contributed by atoms with Crippen LogP contribution in [0.2, 0.25) is 0 Å². The SMILES string of the molecule is Cl.Cl.[C-]1=CC=CC1.[C-]1=CC=CC1.[Li].[Ti+2]. The Morgan fingerprint density at radius 3 is 1.21 bits per heavy atom. The molecule has 2 aliphatic carbocycles. The van der Waals surface area contributed by atoms with Gasteiger partial charge in [0.1, 0.15) is 0 Å². The fourth-order valence-corrected chi connectivity index (χ4v) is 0.680. The summed E-state index contributed by atoms with van der Waals surface area (Å²) >= 11 is 0. The van der Waals surface area contributed by atoms with E-state index < -0.39 is 0 Å². The predicted octanol–water partition coefficient (Wildman–Crippen LogP) is 3.07. The molecule has 0 amide bonds. The van der Waals surface area contributed by atoms with Crippen LogP contribution in [0, 0.1) is 12.2 Å². The summed E-state index contributed by atoms with van der Waals surface area (Å²) in [5.41, 5.74) is 0. The van der Waals surface area contributed by atoms with E-state index in [1.54, 1.807) is 0 Å². The molecule has 0 N–H and O–H groups in total. The predicted molar refractivity (Wildman–Crippen MR) is 63.4 cm³/mol. The number of rotatable bonds is 0. The Morgan fingerprint density at radius 1 is 0.786 bits per heavy atom. The van der Waals surface area contributed by atoms with Gasteiger partial charge in [-0.1, -0.05) is 0 Å². The van der Waals surface area contributed by atoms with E-state index in [-0.39, 0.29) is 65.4 Å². The maximum atomic E-state index is 2.99.